The number of nitrogens with one attached hydrogen (secondary N) is 2. The highest BCUT2D eigenvalue weighted by Gasteiger charge is 2.62. The van der Waals surface area contributed by atoms with E-state index in [-0.39, 0.29) is 42.9 Å². The molecule has 1 aromatic carbocycles. The fourth-order valence-electron chi connectivity index (χ4n) is 6.81. The SMILES string of the molecule is C=CC1CC1(NC(=O)C1CC(Oc2cc(C(=O)C=[N+]=[N-])nc3cc(OC)ccc23)CN1C(=O)C(NC(=O)OC1CCCC1)C(C)(C)C)C(=O)OC. The van der Waals surface area contributed by atoms with Gasteiger partial charge in [-0.15, -0.1) is 6.58 Å². The smallest absolute Gasteiger partial charge is 0.408 e. The number of alkyl carbamates (subject to hydrolysis) is 1. The molecular formula is C36H44N6O9. The maximum absolute atomic E-state index is 14.5. The van der Waals surface area contributed by atoms with Crippen LogP contribution < -0.4 is 20.1 Å². The Kier molecular flexibility index (Phi) is 10.8. The molecule has 1 aromatic heterocycles. The first-order chi connectivity index (χ1) is 24.2. The molecular weight excluding hydrogens is 660 g/mol. The van der Waals surface area contributed by atoms with Crippen LogP contribution in [-0.4, -0.2) is 101 Å². The van der Waals surface area contributed by atoms with E-state index in [0.717, 1.165) is 25.7 Å². The van der Waals surface area contributed by atoms with Crippen molar-refractivity contribution < 1.29 is 47.7 Å². The predicted octanol–water partition coefficient (Wildman–Crippen LogP) is 3.39. The van der Waals surface area contributed by atoms with Crippen LogP contribution in [0.1, 0.15) is 69.8 Å². The lowest BCUT2D eigenvalue weighted by Crippen LogP contribution is -2.59. The Morgan fingerprint density at radius 1 is 1.12 bits per heavy atom. The van der Waals surface area contributed by atoms with Gasteiger partial charge in [0.25, 0.3) is 5.78 Å². The Hall–Kier alpha value is -5.30. The van der Waals surface area contributed by atoms with Crippen LogP contribution in [0.2, 0.25) is 0 Å². The summed E-state index contributed by atoms with van der Waals surface area (Å²) in [4.78, 5) is 75.7. The first-order valence-corrected chi connectivity index (χ1v) is 16.9. The molecule has 3 amide bonds. The quantitative estimate of drug-likeness (QED) is 0.0825. The number of carbonyl (C=O) groups is 5. The Morgan fingerprint density at radius 3 is 2.45 bits per heavy atom. The Bertz CT molecular complexity index is 1780. The van der Waals surface area contributed by atoms with Crippen LogP contribution in [0, 0.1) is 11.3 Å². The van der Waals surface area contributed by atoms with Gasteiger partial charge < -0.3 is 40.0 Å². The number of likely N-dealkylation sites (tertiary alicyclic amines) is 1. The van der Waals surface area contributed by atoms with Crippen molar-refractivity contribution in [3.63, 3.8) is 0 Å². The molecule has 15 nitrogen and oxygen atoms in total. The molecule has 1 saturated heterocycles. The van der Waals surface area contributed by atoms with E-state index < -0.39 is 58.8 Å². The number of benzene rings is 1. The third-order valence-corrected chi connectivity index (χ3v) is 9.69. The van der Waals surface area contributed by atoms with Gasteiger partial charge in [-0.3, -0.25) is 14.4 Å². The van der Waals surface area contributed by atoms with Gasteiger partial charge in [0.15, 0.2) is 0 Å². The maximum Gasteiger partial charge on any atom is 0.408 e. The zero-order valence-corrected chi connectivity index (χ0v) is 29.5. The number of pyridine rings is 1. The molecule has 2 heterocycles. The van der Waals surface area contributed by atoms with Crippen LogP contribution in [0.4, 0.5) is 4.79 Å². The number of methoxy groups -OCH3 is 2. The fourth-order valence-corrected chi connectivity index (χ4v) is 6.81. The molecule has 2 aromatic rings. The Labute approximate surface area is 295 Å². The van der Waals surface area contributed by atoms with Gasteiger partial charge in [0.05, 0.1) is 26.3 Å². The first-order valence-electron chi connectivity index (χ1n) is 16.9. The zero-order valence-electron chi connectivity index (χ0n) is 29.5. The summed E-state index contributed by atoms with van der Waals surface area (Å²) in [6, 6.07) is 4.18. The van der Waals surface area contributed by atoms with Crippen molar-refractivity contribution in [1.82, 2.24) is 20.5 Å². The average molecular weight is 705 g/mol. The summed E-state index contributed by atoms with van der Waals surface area (Å²) in [5.74, 6) is -2.13. The van der Waals surface area contributed by atoms with Crippen molar-refractivity contribution >= 4 is 46.8 Å². The molecule has 51 heavy (non-hydrogen) atoms. The minimum atomic E-state index is -1.32. The van der Waals surface area contributed by atoms with Gasteiger partial charge in [0.2, 0.25) is 11.8 Å². The predicted molar refractivity (Wildman–Crippen MR) is 183 cm³/mol. The van der Waals surface area contributed by atoms with Crippen LogP contribution in [0.5, 0.6) is 11.5 Å². The number of hydrogen-bond acceptors (Lipinski definition) is 10. The highest BCUT2D eigenvalue weighted by molar-refractivity contribution is 6.33. The maximum atomic E-state index is 14.5. The summed E-state index contributed by atoms with van der Waals surface area (Å²) >= 11 is 0. The highest BCUT2D eigenvalue weighted by Crippen LogP contribution is 2.45. The van der Waals surface area contributed by atoms with Gasteiger partial charge in [0, 0.05) is 29.9 Å². The summed E-state index contributed by atoms with van der Waals surface area (Å²) < 4.78 is 22.4. The van der Waals surface area contributed by atoms with E-state index in [2.05, 4.69) is 27.0 Å². The van der Waals surface area contributed by atoms with E-state index in [1.165, 1.54) is 25.2 Å². The van der Waals surface area contributed by atoms with Crippen molar-refractivity contribution in [2.75, 3.05) is 20.8 Å². The van der Waals surface area contributed by atoms with Crippen molar-refractivity contribution in [3.8, 4) is 11.5 Å². The molecule has 0 spiro atoms. The topological polar surface area (TPSA) is 199 Å². The normalized spacial score (nSPS) is 23.4. The molecule has 5 rings (SSSR count). The molecule has 5 atom stereocenters. The van der Waals surface area contributed by atoms with Gasteiger partial charge in [-0.05, 0) is 49.7 Å². The number of ketones is 1. The largest absolute Gasteiger partial charge is 0.497 e. The summed E-state index contributed by atoms with van der Waals surface area (Å²) in [6.45, 7) is 9.06. The number of aromatic nitrogens is 1. The van der Waals surface area contributed by atoms with Crippen LogP contribution in [0.25, 0.3) is 16.4 Å². The second-order valence-electron chi connectivity index (χ2n) is 14.2. The number of amides is 3. The molecule has 2 N–H and O–H groups in total. The van der Waals surface area contributed by atoms with Crippen LogP contribution in [-0.2, 0) is 23.9 Å². The third kappa shape index (κ3) is 7.88. The fraction of sp³-hybridized carbons (Fsp3) is 0.528. The summed E-state index contributed by atoms with van der Waals surface area (Å²) in [5.41, 5.74) is 7.13. The Morgan fingerprint density at radius 2 is 1.84 bits per heavy atom. The standard InChI is InChI=1S/C36H44N6O9/c1-7-20-17-36(20,33(46)49-6)41-31(44)27-15-23(19-42(27)32(45)30(35(2,3)4)40-34(47)51-21-10-8-9-11-21)50-29-16-26(28(43)18-38-37)39-25-14-22(48-5)12-13-24(25)29/h7,12-14,16,18,20-21,23,27,30H,1,8-11,15,17,19H2,2-6H3,(H,40,47)(H,41,44). The summed E-state index contributed by atoms with van der Waals surface area (Å²) in [6.07, 6.45) is 4.23. The summed E-state index contributed by atoms with van der Waals surface area (Å²) in [7, 11) is 2.72. The summed E-state index contributed by atoms with van der Waals surface area (Å²) in [5, 5.41) is 6.09. The molecule has 272 valence electrons. The number of nitrogens with zero attached hydrogens (tertiary/aromatic N) is 4. The van der Waals surface area contributed by atoms with Gasteiger partial charge in [-0.1, -0.05) is 26.8 Å². The molecule has 2 aliphatic carbocycles. The van der Waals surface area contributed by atoms with E-state index in [9.17, 15) is 24.0 Å². The number of Topliss-reactive ketones (excluding diaryl/α,β-unsaturated/α-hetero) is 1. The van der Waals surface area contributed by atoms with E-state index in [1.807, 2.05) is 0 Å². The Balaban J connectivity index is 1.48. The molecule has 1 aliphatic heterocycles. The lowest BCUT2D eigenvalue weighted by molar-refractivity contribution is -0.148. The average Bonchev–Trinajstić information content (AvgIpc) is 3.36. The van der Waals surface area contributed by atoms with E-state index >= 15 is 0 Å². The lowest BCUT2D eigenvalue weighted by Gasteiger charge is -2.35. The van der Waals surface area contributed by atoms with Crippen LogP contribution in [0.15, 0.2) is 36.9 Å². The molecule has 0 bridgehead atoms. The monoisotopic (exact) mass is 704 g/mol. The minimum absolute atomic E-state index is 0.00167. The van der Waals surface area contributed by atoms with Crippen molar-refractivity contribution in [2.24, 2.45) is 11.3 Å². The molecule has 3 aliphatic rings. The number of esters is 1. The van der Waals surface area contributed by atoms with Crippen LogP contribution >= 0.6 is 0 Å². The van der Waals surface area contributed by atoms with Gasteiger partial charge >= 0.3 is 18.3 Å². The first kappa shape index (κ1) is 37.0. The van der Waals surface area contributed by atoms with E-state index in [4.69, 9.17) is 24.5 Å². The highest BCUT2D eigenvalue weighted by atomic mass is 16.6. The molecule has 2 saturated carbocycles. The molecule has 15 heteroatoms. The van der Waals surface area contributed by atoms with Gasteiger partial charge in [-0.2, -0.15) is 4.79 Å². The van der Waals surface area contributed by atoms with Crippen LogP contribution in [0.3, 0.4) is 0 Å². The van der Waals surface area contributed by atoms with E-state index in [0.29, 0.717) is 22.9 Å². The number of hydrogen-bond donors (Lipinski definition) is 2. The minimum Gasteiger partial charge on any atom is -0.497 e. The number of ether oxygens (including phenoxy) is 4. The molecule has 0 radical (unpaired) electrons. The van der Waals surface area contributed by atoms with Crippen molar-refractivity contribution in [1.29, 1.82) is 0 Å². The number of rotatable bonds is 12. The van der Waals surface area contributed by atoms with Crippen molar-refractivity contribution in [3.05, 3.63) is 48.1 Å². The van der Waals surface area contributed by atoms with Gasteiger partial charge in [-0.25, -0.2) is 14.6 Å². The third-order valence-electron chi connectivity index (χ3n) is 9.69. The number of fused-ring (bicyclic) bond motifs is 1. The zero-order chi connectivity index (χ0) is 37.1. The second-order valence-corrected chi connectivity index (χ2v) is 14.2. The number of carbonyl (C=O) groups excluding carboxylic acids is 5. The lowest BCUT2D eigenvalue weighted by atomic mass is 9.85. The van der Waals surface area contributed by atoms with Crippen molar-refractivity contribution in [2.45, 2.75) is 89.1 Å². The van der Waals surface area contributed by atoms with E-state index in [1.54, 1.807) is 45.0 Å². The molecule has 5 unspecified atom stereocenters. The van der Waals surface area contributed by atoms with Gasteiger partial charge in [0.1, 0.15) is 47.0 Å². The second kappa shape index (κ2) is 14.9. The molecule has 3 fully saturated rings.